The summed E-state index contributed by atoms with van der Waals surface area (Å²) in [6.07, 6.45) is 7.98. The van der Waals surface area contributed by atoms with Crippen LogP contribution in [0.3, 0.4) is 0 Å². The molecule has 0 N–H and O–H groups in total. The van der Waals surface area contributed by atoms with Crippen LogP contribution in [0, 0.1) is 18.3 Å². The van der Waals surface area contributed by atoms with Crippen molar-refractivity contribution in [3.8, 4) is 12.3 Å². The quantitative estimate of drug-likeness (QED) is 0.781. The number of hydrogen-bond acceptors (Lipinski definition) is 3. The first kappa shape index (κ1) is 12.7. The Morgan fingerprint density at radius 2 is 2.25 bits per heavy atom. The molecule has 3 rings (SSSR count). The summed E-state index contributed by atoms with van der Waals surface area (Å²) in [7, 11) is 0. The van der Waals surface area contributed by atoms with Gasteiger partial charge in [0.1, 0.15) is 5.69 Å². The van der Waals surface area contributed by atoms with E-state index in [1.54, 1.807) is 4.90 Å². The smallest absolute Gasteiger partial charge is 0.229 e. The Hall–Kier alpha value is -2.28. The Morgan fingerprint density at radius 3 is 3.00 bits per heavy atom. The first-order valence-corrected chi connectivity index (χ1v) is 6.82. The van der Waals surface area contributed by atoms with Crippen LogP contribution in [0.5, 0.6) is 0 Å². The predicted octanol–water partition coefficient (Wildman–Crippen LogP) is 2.24. The zero-order valence-corrected chi connectivity index (χ0v) is 11.2. The van der Waals surface area contributed by atoms with E-state index in [0.29, 0.717) is 23.7 Å². The van der Waals surface area contributed by atoms with Crippen molar-refractivity contribution in [1.82, 2.24) is 10.1 Å². The van der Waals surface area contributed by atoms with Gasteiger partial charge in [0.2, 0.25) is 5.91 Å². The third-order valence-corrected chi connectivity index (χ3v) is 3.58. The van der Waals surface area contributed by atoms with Gasteiger partial charge < -0.3 is 9.42 Å². The average molecular weight is 268 g/mol. The van der Waals surface area contributed by atoms with Crippen LogP contribution in [0.2, 0.25) is 0 Å². The molecule has 0 radical (unpaired) electrons. The molecular weight excluding hydrogens is 252 g/mol. The number of aromatic nitrogens is 1. The van der Waals surface area contributed by atoms with Crippen LogP contribution in [0.25, 0.3) is 11.0 Å². The maximum absolute atomic E-state index is 12.4. The van der Waals surface area contributed by atoms with Gasteiger partial charge in [0.05, 0.1) is 13.0 Å². The number of amides is 1. The highest BCUT2D eigenvalue weighted by atomic mass is 16.5. The molecule has 1 aromatic carbocycles. The summed E-state index contributed by atoms with van der Waals surface area (Å²) < 4.78 is 5.22. The summed E-state index contributed by atoms with van der Waals surface area (Å²) in [5.41, 5.74) is 1.39. The van der Waals surface area contributed by atoms with Gasteiger partial charge in [-0.1, -0.05) is 23.2 Å². The van der Waals surface area contributed by atoms with E-state index in [1.807, 2.05) is 24.3 Å². The largest absolute Gasteiger partial charge is 0.356 e. The van der Waals surface area contributed by atoms with Crippen molar-refractivity contribution in [2.45, 2.75) is 19.3 Å². The number of carbonyl (C=O) groups is 1. The molecule has 4 nitrogen and oxygen atoms in total. The van der Waals surface area contributed by atoms with E-state index in [0.717, 1.165) is 11.9 Å². The number of nitrogens with zero attached hydrogens (tertiary/aromatic N) is 2. The van der Waals surface area contributed by atoms with Gasteiger partial charge in [0, 0.05) is 11.9 Å². The van der Waals surface area contributed by atoms with Crippen molar-refractivity contribution in [2.24, 2.45) is 5.92 Å². The summed E-state index contributed by atoms with van der Waals surface area (Å²) in [6, 6.07) is 7.56. The van der Waals surface area contributed by atoms with E-state index in [1.165, 1.54) is 12.8 Å². The highest BCUT2D eigenvalue weighted by Gasteiger charge is 2.27. The first-order chi connectivity index (χ1) is 9.78. The lowest BCUT2D eigenvalue weighted by molar-refractivity contribution is -0.130. The molecule has 1 saturated carbocycles. The fraction of sp³-hybridized carbons (Fsp3) is 0.375. The van der Waals surface area contributed by atoms with Crippen LogP contribution in [0.15, 0.2) is 28.8 Å². The van der Waals surface area contributed by atoms with E-state index in [2.05, 4.69) is 11.1 Å². The third-order valence-electron chi connectivity index (χ3n) is 3.58. The molecule has 0 spiro atoms. The van der Waals surface area contributed by atoms with Crippen LogP contribution in [0.4, 0.5) is 0 Å². The third kappa shape index (κ3) is 2.67. The Bertz CT molecular complexity index is 664. The molecule has 1 amide bonds. The first-order valence-electron chi connectivity index (χ1n) is 6.82. The molecule has 0 unspecified atom stereocenters. The maximum atomic E-state index is 12.4. The predicted molar refractivity (Wildman–Crippen MR) is 75.9 cm³/mol. The molecule has 0 aliphatic heterocycles. The molecule has 1 aromatic heterocycles. The Labute approximate surface area is 117 Å². The molecule has 1 fully saturated rings. The van der Waals surface area contributed by atoms with Gasteiger partial charge in [-0.15, -0.1) is 6.42 Å². The summed E-state index contributed by atoms with van der Waals surface area (Å²) in [4.78, 5) is 14.1. The number of para-hydroxylation sites is 1. The van der Waals surface area contributed by atoms with Crippen molar-refractivity contribution < 1.29 is 9.32 Å². The van der Waals surface area contributed by atoms with E-state index in [4.69, 9.17) is 10.9 Å². The molecule has 1 heterocycles. The van der Waals surface area contributed by atoms with E-state index >= 15 is 0 Å². The fourth-order valence-electron chi connectivity index (χ4n) is 2.30. The lowest BCUT2D eigenvalue weighted by atomic mass is 10.1. The highest BCUT2D eigenvalue weighted by Crippen LogP contribution is 2.30. The van der Waals surface area contributed by atoms with Crippen LogP contribution in [-0.4, -0.2) is 29.1 Å². The van der Waals surface area contributed by atoms with Gasteiger partial charge in [-0.3, -0.25) is 4.79 Å². The number of fused-ring (bicyclic) bond motifs is 1. The standard InChI is InChI=1S/C16H16N2O2/c1-2-9-18(11-12-7-8-12)16(19)10-14-13-5-3-4-6-15(13)20-17-14/h1,3-6,12H,7-11H2. The molecule has 2 aromatic rings. The molecule has 0 atom stereocenters. The van der Waals surface area contributed by atoms with Gasteiger partial charge in [-0.05, 0) is 30.9 Å². The number of rotatable bonds is 5. The summed E-state index contributed by atoms with van der Waals surface area (Å²) in [5.74, 6) is 3.21. The van der Waals surface area contributed by atoms with E-state index in [9.17, 15) is 4.79 Å². The minimum Gasteiger partial charge on any atom is -0.356 e. The second kappa shape index (κ2) is 5.38. The minimum atomic E-state index is 0.0221. The van der Waals surface area contributed by atoms with Crippen LogP contribution in [0.1, 0.15) is 18.5 Å². The maximum Gasteiger partial charge on any atom is 0.229 e. The normalized spacial score (nSPS) is 14.2. The zero-order chi connectivity index (χ0) is 13.9. The van der Waals surface area contributed by atoms with Gasteiger partial charge in [0.15, 0.2) is 5.58 Å². The molecule has 1 aliphatic carbocycles. The number of hydrogen-bond donors (Lipinski definition) is 0. The monoisotopic (exact) mass is 268 g/mol. The summed E-state index contributed by atoms with van der Waals surface area (Å²) in [6.45, 7) is 1.13. The number of terminal acetylenes is 1. The zero-order valence-electron chi connectivity index (χ0n) is 11.2. The van der Waals surface area contributed by atoms with Gasteiger partial charge in [0.25, 0.3) is 0 Å². The van der Waals surface area contributed by atoms with Crippen molar-refractivity contribution in [1.29, 1.82) is 0 Å². The second-order valence-corrected chi connectivity index (χ2v) is 5.22. The Kier molecular flexibility index (Phi) is 3.42. The molecule has 0 saturated heterocycles. The van der Waals surface area contributed by atoms with E-state index in [-0.39, 0.29) is 12.3 Å². The van der Waals surface area contributed by atoms with Crippen molar-refractivity contribution in [2.75, 3.05) is 13.1 Å². The van der Waals surface area contributed by atoms with Crippen LogP contribution >= 0.6 is 0 Å². The average Bonchev–Trinajstić information content (AvgIpc) is 3.19. The molecule has 102 valence electrons. The minimum absolute atomic E-state index is 0.0221. The molecule has 20 heavy (non-hydrogen) atoms. The SMILES string of the molecule is C#CCN(CC1CC1)C(=O)Cc1noc2ccccc12. The van der Waals surface area contributed by atoms with Gasteiger partial charge in [-0.2, -0.15) is 0 Å². The lowest BCUT2D eigenvalue weighted by Gasteiger charge is -2.19. The topological polar surface area (TPSA) is 46.3 Å². The van der Waals surface area contributed by atoms with Crippen molar-refractivity contribution in [3.63, 3.8) is 0 Å². The van der Waals surface area contributed by atoms with Gasteiger partial charge >= 0.3 is 0 Å². The Morgan fingerprint density at radius 1 is 1.45 bits per heavy atom. The Balaban J connectivity index is 1.75. The number of benzene rings is 1. The summed E-state index contributed by atoms with van der Waals surface area (Å²) in [5, 5.41) is 4.89. The molecule has 1 aliphatic rings. The van der Waals surface area contributed by atoms with Crippen LogP contribution < -0.4 is 0 Å². The van der Waals surface area contributed by atoms with E-state index < -0.39 is 0 Å². The van der Waals surface area contributed by atoms with Gasteiger partial charge in [-0.25, -0.2) is 0 Å². The highest BCUT2D eigenvalue weighted by molar-refractivity contribution is 5.86. The fourth-order valence-corrected chi connectivity index (χ4v) is 2.30. The lowest BCUT2D eigenvalue weighted by Crippen LogP contribution is -2.34. The molecular formula is C16H16N2O2. The van der Waals surface area contributed by atoms with Crippen LogP contribution in [-0.2, 0) is 11.2 Å². The summed E-state index contributed by atoms with van der Waals surface area (Å²) >= 11 is 0. The number of carbonyl (C=O) groups excluding carboxylic acids is 1. The molecule has 4 heteroatoms. The van der Waals surface area contributed by atoms with Crippen molar-refractivity contribution >= 4 is 16.9 Å². The molecule has 0 bridgehead atoms. The second-order valence-electron chi connectivity index (χ2n) is 5.22. The van der Waals surface area contributed by atoms with Crippen molar-refractivity contribution in [3.05, 3.63) is 30.0 Å².